The first kappa shape index (κ1) is 42.5. The molecule has 3 N–H and O–H groups in total. The Bertz CT molecular complexity index is 1140. The number of carbonyl (C=O) groups is 6. The second kappa shape index (κ2) is 27.3. The number of carboxylic acid groups (broad SMARTS) is 1. The summed E-state index contributed by atoms with van der Waals surface area (Å²) in [6.45, 7) is 13.5. The van der Waals surface area contributed by atoms with Crippen molar-refractivity contribution in [2.75, 3.05) is 32.2 Å². The van der Waals surface area contributed by atoms with Gasteiger partial charge in [-0.1, -0.05) is 65.1 Å². The van der Waals surface area contributed by atoms with E-state index in [0.29, 0.717) is 17.7 Å². The number of nitrogens with one attached hydrogen (secondary N) is 2. The Morgan fingerprint density at radius 2 is 1.17 bits per heavy atom. The number of amides is 2. The molecule has 234 valence electrons. The third kappa shape index (κ3) is 15.8. The molecule has 16 heteroatoms. The van der Waals surface area contributed by atoms with Crippen LogP contribution in [0.3, 0.4) is 0 Å². The highest BCUT2D eigenvalue weighted by Crippen LogP contribution is 2.14. The average molecular weight is 629 g/mol. The number of esters is 1. The fourth-order valence-electron chi connectivity index (χ4n) is 2.23. The third-order valence-electron chi connectivity index (χ3n) is 3.75. The molecule has 0 aliphatic carbocycles. The van der Waals surface area contributed by atoms with Crippen LogP contribution >= 0.6 is 23.5 Å². The summed E-state index contributed by atoms with van der Waals surface area (Å²) in [6, 6.07) is 0. The normalized spacial score (nSPS) is 8.79. The van der Waals surface area contributed by atoms with Crippen molar-refractivity contribution in [3.8, 4) is 0 Å². The maximum Gasteiger partial charge on any atom is 0.342 e. The highest BCUT2D eigenvalue weighted by atomic mass is 32.2. The van der Waals surface area contributed by atoms with E-state index in [1.807, 2.05) is 41.5 Å². The fourth-order valence-corrected chi connectivity index (χ4v) is 2.91. The summed E-state index contributed by atoms with van der Waals surface area (Å²) in [5.41, 5.74) is -0.674. The van der Waals surface area contributed by atoms with E-state index in [2.05, 4.69) is 30.6 Å². The molecule has 2 amide bonds. The van der Waals surface area contributed by atoms with E-state index in [9.17, 15) is 28.8 Å². The Morgan fingerprint density at radius 1 is 0.786 bits per heavy atom. The molecular weight excluding hydrogens is 588 g/mol. The van der Waals surface area contributed by atoms with Crippen molar-refractivity contribution in [1.29, 1.82) is 0 Å². The zero-order valence-corrected chi connectivity index (χ0v) is 27.0. The molecule has 42 heavy (non-hydrogen) atoms. The van der Waals surface area contributed by atoms with E-state index in [1.54, 1.807) is 19.4 Å². The van der Waals surface area contributed by atoms with Gasteiger partial charge in [0.05, 0.1) is 19.7 Å². The average Bonchev–Trinajstić information content (AvgIpc) is 3.04. The van der Waals surface area contributed by atoms with Gasteiger partial charge in [0.1, 0.15) is 35.1 Å². The topological polar surface area (TPSA) is 208 Å². The van der Waals surface area contributed by atoms with Gasteiger partial charge < -0.3 is 30.1 Å². The third-order valence-corrected chi connectivity index (χ3v) is 4.87. The van der Waals surface area contributed by atoms with Gasteiger partial charge in [-0.2, -0.15) is 0 Å². The first-order valence-corrected chi connectivity index (χ1v) is 15.3. The Kier molecular flexibility index (Phi) is 27.6. The molecule has 0 aliphatic heterocycles. The zero-order chi connectivity index (χ0) is 33.1. The maximum absolute atomic E-state index is 11.8. The van der Waals surface area contributed by atoms with Gasteiger partial charge in [0, 0.05) is 12.4 Å². The lowest BCUT2D eigenvalue weighted by Crippen LogP contribution is -2.28. The highest BCUT2D eigenvalue weighted by molar-refractivity contribution is 7.98. The number of thioether (sulfide) groups is 2. The van der Waals surface area contributed by atoms with Crippen molar-refractivity contribution in [2.24, 2.45) is 0 Å². The maximum atomic E-state index is 11.8. The van der Waals surface area contributed by atoms with Crippen molar-refractivity contribution < 1.29 is 38.6 Å². The van der Waals surface area contributed by atoms with Gasteiger partial charge in [-0.15, -0.1) is 0 Å². The molecule has 0 saturated heterocycles. The largest absolute Gasteiger partial charge is 0.478 e. The molecule has 2 aromatic heterocycles. The van der Waals surface area contributed by atoms with Crippen molar-refractivity contribution in [3.05, 3.63) is 34.9 Å². The van der Waals surface area contributed by atoms with Crippen LogP contribution in [0.25, 0.3) is 0 Å². The highest BCUT2D eigenvalue weighted by Gasteiger charge is 2.21. The Labute approximate surface area is 254 Å². The minimum Gasteiger partial charge on any atom is -0.478 e. The van der Waals surface area contributed by atoms with Crippen LogP contribution in [0.1, 0.15) is 90.2 Å². The van der Waals surface area contributed by atoms with Gasteiger partial charge in [-0.3, -0.25) is 9.59 Å². The van der Waals surface area contributed by atoms with Crippen molar-refractivity contribution in [3.63, 3.8) is 0 Å². The molecule has 0 aromatic carbocycles. The second-order valence-electron chi connectivity index (χ2n) is 6.02. The van der Waals surface area contributed by atoms with Gasteiger partial charge in [-0.05, 0) is 19.4 Å². The molecule has 0 bridgehead atoms. The van der Waals surface area contributed by atoms with Crippen LogP contribution in [0, 0.1) is 0 Å². The molecule has 0 unspecified atom stereocenters. The molecular formula is C26H40N6O8S2. The minimum atomic E-state index is -1.30. The molecule has 2 rings (SSSR count). The smallest absolute Gasteiger partial charge is 0.342 e. The van der Waals surface area contributed by atoms with Crippen LogP contribution in [-0.4, -0.2) is 93.6 Å². The molecule has 0 atom stereocenters. The van der Waals surface area contributed by atoms with E-state index < -0.39 is 23.8 Å². The molecule has 0 spiro atoms. The summed E-state index contributed by atoms with van der Waals surface area (Å²) >= 11 is 2.41. The van der Waals surface area contributed by atoms with Gasteiger partial charge in [0.15, 0.2) is 10.3 Å². The van der Waals surface area contributed by atoms with Gasteiger partial charge in [0.25, 0.3) is 11.8 Å². The van der Waals surface area contributed by atoms with E-state index in [4.69, 9.17) is 9.84 Å². The Balaban J connectivity index is -0.000000617. The lowest BCUT2D eigenvalue weighted by Gasteiger charge is -2.08. The summed E-state index contributed by atoms with van der Waals surface area (Å²) in [5, 5.41) is 14.1. The van der Waals surface area contributed by atoms with Crippen LogP contribution in [0.4, 0.5) is 0 Å². The van der Waals surface area contributed by atoms with Crippen LogP contribution in [0.15, 0.2) is 22.7 Å². The predicted molar refractivity (Wildman–Crippen MR) is 161 cm³/mol. The number of rotatable bonds is 11. The number of aldehydes is 2. The first-order chi connectivity index (χ1) is 20.2. The molecule has 0 aliphatic rings. The SMILES string of the molecule is CC.CC.CC.CCOC(=O)c1cnc(SC)nc1C(=O)NCC=O.CSc1ncc(C(=O)O)c(C(=O)NCC=O)n1. The molecule has 2 heterocycles. The summed E-state index contributed by atoms with van der Waals surface area (Å²) in [6.07, 6.45) is 6.78. The molecule has 14 nitrogen and oxygen atoms in total. The lowest BCUT2D eigenvalue weighted by molar-refractivity contribution is -0.107. The molecule has 0 saturated carbocycles. The van der Waals surface area contributed by atoms with Crippen LogP contribution < -0.4 is 10.6 Å². The minimum absolute atomic E-state index is 0.0250. The molecule has 2 aromatic rings. The second-order valence-corrected chi connectivity index (χ2v) is 7.56. The zero-order valence-electron chi connectivity index (χ0n) is 25.3. The van der Waals surface area contributed by atoms with Gasteiger partial charge in [0.2, 0.25) is 0 Å². The molecule has 0 radical (unpaired) electrons. The van der Waals surface area contributed by atoms with Crippen LogP contribution in [0.5, 0.6) is 0 Å². The Morgan fingerprint density at radius 3 is 1.50 bits per heavy atom. The summed E-state index contributed by atoms with van der Waals surface area (Å²) in [7, 11) is 0. The number of carbonyl (C=O) groups excluding carboxylic acids is 5. The van der Waals surface area contributed by atoms with Crippen LogP contribution in [-0.2, 0) is 14.3 Å². The summed E-state index contributed by atoms with van der Waals surface area (Å²) < 4.78 is 4.82. The summed E-state index contributed by atoms with van der Waals surface area (Å²) in [5.74, 6) is -3.31. The summed E-state index contributed by atoms with van der Waals surface area (Å²) in [4.78, 5) is 81.8. The van der Waals surface area contributed by atoms with Gasteiger partial charge >= 0.3 is 11.9 Å². The van der Waals surface area contributed by atoms with E-state index in [-0.39, 0.29) is 47.4 Å². The quantitative estimate of drug-likeness (QED) is 0.141. The van der Waals surface area contributed by atoms with E-state index in [1.165, 1.54) is 29.7 Å². The first-order valence-electron chi connectivity index (χ1n) is 12.9. The number of nitrogens with zero attached hydrogens (tertiary/aromatic N) is 4. The predicted octanol–water partition coefficient (Wildman–Crippen LogP) is 3.21. The number of carboxylic acids is 1. The fraction of sp³-hybridized carbons (Fsp3) is 0.462. The van der Waals surface area contributed by atoms with Crippen LogP contribution in [0.2, 0.25) is 0 Å². The number of aromatic nitrogens is 4. The monoisotopic (exact) mass is 628 g/mol. The number of hydrogen-bond acceptors (Lipinski definition) is 13. The number of hydrogen-bond donors (Lipinski definition) is 3. The number of aromatic carboxylic acids is 1. The van der Waals surface area contributed by atoms with E-state index in [0.717, 1.165) is 6.20 Å². The van der Waals surface area contributed by atoms with E-state index >= 15 is 0 Å². The lowest BCUT2D eigenvalue weighted by atomic mass is 10.2. The standard InChI is InChI=1S/C11H13N3O4S.C9H9N3O4S.3C2H6/c1-3-18-10(17)7-6-13-11(19-2)14-8(7)9(16)12-4-5-15;1-17-9-11-4-5(8(15)16)6(12-9)7(14)10-2-3-13;3*1-2/h5-6H,3-4H2,1-2H3,(H,12,16);3-4H,2H2,1H3,(H,10,14)(H,15,16);3*1-2H3. The Hall–Kier alpha value is -3.92. The van der Waals surface area contributed by atoms with Crippen molar-refractivity contribution >= 4 is 59.8 Å². The van der Waals surface area contributed by atoms with Crippen molar-refractivity contribution in [2.45, 2.75) is 58.8 Å². The van der Waals surface area contributed by atoms with Crippen molar-refractivity contribution in [1.82, 2.24) is 30.6 Å². The molecule has 0 fully saturated rings. The van der Waals surface area contributed by atoms with Gasteiger partial charge in [-0.25, -0.2) is 29.5 Å². The number of ether oxygens (including phenoxy) is 1.